The summed E-state index contributed by atoms with van der Waals surface area (Å²) in [6.07, 6.45) is -0.400. The van der Waals surface area contributed by atoms with Gasteiger partial charge in [-0.3, -0.25) is 4.79 Å². The zero-order valence-electron chi connectivity index (χ0n) is 8.61. The second kappa shape index (κ2) is 4.77. The summed E-state index contributed by atoms with van der Waals surface area (Å²) in [7, 11) is 3.11. The van der Waals surface area contributed by atoms with E-state index < -0.39 is 6.10 Å². The summed E-state index contributed by atoms with van der Waals surface area (Å²) >= 11 is 0. The number of ether oxygens (including phenoxy) is 2. The Morgan fingerprint density at radius 1 is 1.21 bits per heavy atom. The summed E-state index contributed by atoms with van der Waals surface area (Å²) in [6, 6.07) is 6.98. The van der Waals surface area contributed by atoms with E-state index in [1.165, 1.54) is 7.11 Å². The topological polar surface area (TPSA) is 35.5 Å². The third kappa shape index (κ3) is 2.33. The normalized spacial score (nSPS) is 12.2. The summed E-state index contributed by atoms with van der Waals surface area (Å²) in [5.74, 6) is 0.724. The fourth-order valence-electron chi connectivity index (χ4n) is 1.10. The molecule has 0 aliphatic carbocycles. The molecule has 0 amide bonds. The number of hydrogen-bond donors (Lipinski definition) is 0. The van der Waals surface area contributed by atoms with Gasteiger partial charge in [-0.1, -0.05) is 0 Å². The Balaban J connectivity index is 2.81. The van der Waals surface area contributed by atoms with Gasteiger partial charge in [-0.15, -0.1) is 0 Å². The molecule has 0 aliphatic rings. The first-order valence-electron chi connectivity index (χ1n) is 4.40. The third-order valence-electron chi connectivity index (χ3n) is 2.10. The number of rotatable bonds is 4. The Labute approximate surface area is 83.6 Å². The Bertz CT molecular complexity index is 303. The van der Waals surface area contributed by atoms with Crippen molar-refractivity contribution < 1.29 is 14.3 Å². The van der Waals surface area contributed by atoms with Gasteiger partial charge in [-0.05, 0) is 31.2 Å². The highest BCUT2D eigenvalue weighted by molar-refractivity contribution is 5.99. The fraction of sp³-hybridized carbons (Fsp3) is 0.364. The first-order valence-corrected chi connectivity index (χ1v) is 4.40. The van der Waals surface area contributed by atoms with Gasteiger partial charge in [0.2, 0.25) is 0 Å². The van der Waals surface area contributed by atoms with Gasteiger partial charge in [0.25, 0.3) is 0 Å². The first-order chi connectivity index (χ1) is 6.69. The highest BCUT2D eigenvalue weighted by atomic mass is 16.5. The van der Waals surface area contributed by atoms with Gasteiger partial charge in [0.05, 0.1) is 7.11 Å². The summed E-state index contributed by atoms with van der Waals surface area (Å²) in [5.41, 5.74) is 0.639. The van der Waals surface area contributed by atoms with E-state index in [1.54, 1.807) is 38.3 Å². The minimum Gasteiger partial charge on any atom is -0.497 e. The zero-order chi connectivity index (χ0) is 10.6. The number of methoxy groups -OCH3 is 2. The van der Waals surface area contributed by atoms with E-state index in [0.717, 1.165) is 5.75 Å². The van der Waals surface area contributed by atoms with E-state index >= 15 is 0 Å². The third-order valence-corrected chi connectivity index (χ3v) is 2.10. The lowest BCUT2D eigenvalue weighted by Gasteiger charge is -2.08. The van der Waals surface area contributed by atoms with Gasteiger partial charge >= 0.3 is 0 Å². The molecule has 0 spiro atoms. The van der Waals surface area contributed by atoms with Gasteiger partial charge in [0.15, 0.2) is 5.78 Å². The van der Waals surface area contributed by atoms with E-state index in [4.69, 9.17) is 9.47 Å². The minimum absolute atomic E-state index is 0.0184. The summed E-state index contributed by atoms with van der Waals surface area (Å²) in [4.78, 5) is 11.6. The SMILES string of the molecule is COc1ccc(C(=O)C(C)OC)cc1. The van der Waals surface area contributed by atoms with Crippen LogP contribution in [0.4, 0.5) is 0 Å². The lowest BCUT2D eigenvalue weighted by atomic mass is 10.1. The van der Waals surface area contributed by atoms with Crippen molar-refractivity contribution in [2.75, 3.05) is 14.2 Å². The molecule has 3 nitrogen and oxygen atoms in total. The van der Waals surface area contributed by atoms with Crippen molar-refractivity contribution in [1.29, 1.82) is 0 Å². The van der Waals surface area contributed by atoms with Crippen molar-refractivity contribution in [2.45, 2.75) is 13.0 Å². The van der Waals surface area contributed by atoms with Crippen molar-refractivity contribution in [2.24, 2.45) is 0 Å². The van der Waals surface area contributed by atoms with Gasteiger partial charge in [-0.2, -0.15) is 0 Å². The number of hydrogen-bond acceptors (Lipinski definition) is 3. The molecule has 1 aromatic rings. The number of carbonyl (C=O) groups is 1. The van der Waals surface area contributed by atoms with Crippen LogP contribution in [0.25, 0.3) is 0 Å². The predicted octanol–water partition coefficient (Wildman–Crippen LogP) is 1.91. The van der Waals surface area contributed by atoms with Crippen molar-refractivity contribution in [3.05, 3.63) is 29.8 Å². The van der Waals surface area contributed by atoms with E-state index in [-0.39, 0.29) is 5.78 Å². The fourth-order valence-corrected chi connectivity index (χ4v) is 1.10. The molecule has 1 rings (SSSR count). The second-order valence-corrected chi connectivity index (χ2v) is 2.97. The van der Waals surface area contributed by atoms with Crippen LogP contribution >= 0.6 is 0 Å². The molecular formula is C11H14O3. The van der Waals surface area contributed by atoms with Crippen LogP contribution in [0.2, 0.25) is 0 Å². The van der Waals surface area contributed by atoms with E-state index in [2.05, 4.69) is 0 Å². The van der Waals surface area contributed by atoms with E-state index in [0.29, 0.717) is 5.56 Å². The number of Topliss-reactive ketones (excluding diaryl/α,β-unsaturated/α-hetero) is 1. The van der Waals surface area contributed by atoms with Crippen molar-refractivity contribution >= 4 is 5.78 Å². The Kier molecular flexibility index (Phi) is 3.65. The number of benzene rings is 1. The molecule has 0 aromatic heterocycles. The molecule has 1 aromatic carbocycles. The molecular weight excluding hydrogens is 180 g/mol. The Hall–Kier alpha value is -1.35. The van der Waals surface area contributed by atoms with Crippen molar-refractivity contribution in [3.63, 3.8) is 0 Å². The predicted molar refractivity (Wildman–Crippen MR) is 53.8 cm³/mol. The highest BCUT2D eigenvalue weighted by Gasteiger charge is 2.13. The van der Waals surface area contributed by atoms with E-state index in [9.17, 15) is 4.79 Å². The molecule has 0 radical (unpaired) electrons. The smallest absolute Gasteiger partial charge is 0.191 e. The van der Waals surface area contributed by atoms with Crippen LogP contribution in [0.1, 0.15) is 17.3 Å². The number of ketones is 1. The molecule has 0 saturated carbocycles. The highest BCUT2D eigenvalue weighted by Crippen LogP contribution is 2.13. The standard InChI is InChI=1S/C11H14O3/c1-8(13-2)11(12)9-4-6-10(14-3)7-5-9/h4-8H,1-3H3. The summed E-state index contributed by atoms with van der Waals surface area (Å²) in [5, 5.41) is 0. The van der Waals surface area contributed by atoms with Crippen LogP contribution in [-0.2, 0) is 4.74 Å². The van der Waals surface area contributed by atoms with Crippen LogP contribution in [0.5, 0.6) is 5.75 Å². The van der Waals surface area contributed by atoms with Crippen molar-refractivity contribution in [3.8, 4) is 5.75 Å². The monoisotopic (exact) mass is 194 g/mol. The second-order valence-electron chi connectivity index (χ2n) is 2.97. The van der Waals surface area contributed by atoms with Gasteiger partial charge < -0.3 is 9.47 Å². The Morgan fingerprint density at radius 3 is 2.21 bits per heavy atom. The maximum Gasteiger partial charge on any atom is 0.191 e. The molecule has 14 heavy (non-hydrogen) atoms. The largest absolute Gasteiger partial charge is 0.497 e. The van der Waals surface area contributed by atoms with Crippen LogP contribution in [-0.4, -0.2) is 26.1 Å². The average Bonchev–Trinajstić information content (AvgIpc) is 2.27. The van der Waals surface area contributed by atoms with E-state index in [1.807, 2.05) is 0 Å². The molecule has 0 aliphatic heterocycles. The minimum atomic E-state index is -0.400. The zero-order valence-corrected chi connectivity index (χ0v) is 8.61. The Morgan fingerprint density at radius 2 is 1.79 bits per heavy atom. The van der Waals surface area contributed by atoms with Gasteiger partial charge in [0, 0.05) is 12.7 Å². The quantitative estimate of drug-likeness (QED) is 0.687. The summed E-state index contributed by atoms with van der Waals surface area (Å²) < 4.78 is 9.94. The first kappa shape index (κ1) is 10.7. The maximum atomic E-state index is 11.6. The van der Waals surface area contributed by atoms with Crippen LogP contribution in [0.3, 0.4) is 0 Å². The lowest BCUT2D eigenvalue weighted by molar-refractivity contribution is 0.0655. The van der Waals surface area contributed by atoms with Crippen molar-refractivity contribution in [1.82, 2.24) is 0 Å². The molecule has 0 heterocycles. The molecule has 0 N–H and O–H groups in total. The van der Waals surface area contributed by atoms with Crippen LogP contribution in [0, 0.1) is 0 Å². The molecule has 0 bridgehead atoms. The van der Waals surface area contributed by atoms with Crippen LogP contribution in [0.15, 0.2) is 24.3 Å². The summed E-state index contributed by atoms with van der Waals surface area (Å²) in [6.45, 7) is 1.73. The molecule has 3 heteroatoms. The molecule has 1 unspecified atom stereocenters. The molecule has 0 saturated heterocycles. The molecule has 76 valence electrons. The average molecular weight is 194 g/mol. The van der Waals surface area contributed by atoms with Gasteiger partial charge in [0.1, 0.15) is 11.9 Å². The number of carbonyl (C=O) groups excluding carboxylic acids is 1. The van der Waals surface area contributed by atoms with Gasteiger partial charge in [-0.25, -0.2) is 0 Å². The molecule has 0 fully saturated rings. The van der Waals surface area contributed by atoms with Crippen LogP contribution < -0.4 is 4.74 Å². The lowest BCUT2D eigenvalue weighted by Crippen LogP contribution is -2.18. The molecule has 1 atom stereocenters. The maximum absolute atomic E-state index is 11.6.